The monoisotopic (exact) mass is 428 g/mol. The van der Waals surface area contributed by atoms with Gasteiger partial charge in [-0.25, -0.2) is 14.8 Å². The van der Waals surface area contributed by atoms with Crippen LogP contribution in [0.25, 0.3) is 11.4 Å². The number of hydrogen-bond donors (Lipinski definition) is 1. The second-order valence-corrected chi connectivity index (χ2v) is 9.10. The molecule has 0 unspecified atom stereocenters. The summed E-state index contributed by atoms with van der Waals surface area (Å²) in [4.78, 5) is 30.1. The molecule has 1 aromatic carbocycles. The molecule has 0 bridgehead atoms. The molecule has 7 heteroatoms. The molecular formula is C25H28N6O. The molecule has 3 heterocycles. The third kappa shape index (κ3) is 3.52. The maximum Gasteiger partial charge on any atom is 0.322 e. The average molecular weight is 429 g/mol. The number of carbonyl (C=O) groups excluding carboxylic acids is 1. The number of benzene rings is 1. The molecule has 1 saturated heterocycles. The fraction of sp³-hybridized carbons (Fsp3) is 0.360. The van der Waals surface area contributed by atoms with Gasteiger partial charge in [-0.3, -0.25) is 14.8 Å². The van der Waals surface area contributed by atoms with Crippen molar-refractivity contribution in [2.75, 3.05) is 25.5 Å². The van der Waals surface area contributed by atoms with Crippen LogP contribution in [0.5, 0.6) is 0 Å². The lowest BCUT2D eigenvalue weighted by Gasteiger charge is -2.48. The van der Waals surface area contributed by atoms with Crippen molar-refractivity contribution in [3.8, 4) is 11.4 Å². The lowest BCUT2D eigenvalue weighted by atomic mass is 9.69. The topological polar surface area (TPSA) is 74.2 Å². The zero-order valence-electron chi connectivity index (χ0n) is 18.5. The van der Waals surface area contributed by atoms with Crippen LogP contribution in [0.1, 0.15) is 31.2 Å². The van der Waals surface area contributed by atoms with Gasteiger partial charge in [-0.1, -0.05) is 30.3 Å². The van der Waals surface area contributed by atoms with E-state index in [9.17, 15) is 4.79 Å². The normalized spacial score (nSPS) is 25.3. The van der Waals surface area contributed by atoms with Gasteiger partial charge >= 0.3 is 6.03 Å². The molecule has 2 fully saturated rings. The largest absolute Gasteiger partial charge is 0.330 e. The molecule has 1 saturated carbocycles. The summed E-state index contributed by atoms with van der Waals surface area (Å²) in [5.74, 6) is 0.604. The second kappa shape index (κ2) is 7.98. The van der Waals surface area contributed by atoms with Crippen molar-refractivity contribution < 1.29 is 4.79 Å². The van der Waals surface area contributed by atoms with Gasteiger partial charge in [0.1, 0.15) is 0 Å². The van der Waals surface area contributed by atoms with Crippen LogP contribution >= 0.6 is 0 Å². The number of nitrogens with zero attached hydrogens (tertiary/aromatic N) is 5. The maximum absolute atomic E-state index is 12.9. The molecular weight excluding hydrogens is 400 g/mol. The van der Waals surface area contributed by atoms with Gasteiger partial charge in [0.05, 0.1) is 30.2 Å². The van der Waals surface area contributed by atoms with Crippen molar-refractivity contribution in [2.45, 2.75) is 36.8 Å². The standard InChI is InChI=1S/C25H28N6O/c1-30(2)25(20-8-4-3-5-9-20)12-10-24(11-13-25)18-31(23(32)29-24)21-16-27-22(28-17-21)19-7-6-14-26-15-19/h3-9,14-17H,10-13,18H2,1-2H3,(H,29,32)/t24-,25-. The van der Waals surface area contributed by atoms with E-state index in [1.165, 1.54) is 5.56 Å². The summed E-state index contributed by atoms with van der Waals surface area (Å²) in [6.07, 6.45) is 10.8. The zero-order chi connectivity index (χ0) is 22.2. The highest BCUT2D eigenvalue weighted by molar-refractivity contribution is 5.95. The van der Waals surface area contributed by atoms with Crippen LogP contribution in [0.2, 0.25) is 0 Å². The number of nitrogens with one attached hydrogen (secondary N) is 1. The smallest absolute Gasteiger partial charge is 0.322 e. The van der Waals surface area contributed by atoms with E-state index in [1.54, 1.807) is 29.7 Å². The Morgan fingerprint density at radius 3 is 2.28 bits per heavy atom. The van der Waals surface area contributed by atoms with E-state index in [0.717, 1.165) is 36.9 Å². The van der Waals surface area contributed by atoms with Crippen molar-refractivity contribution in [1.82, 2.24) is 25.2 Å². The second-order valence-electron chi connectivity index (χ2n) is 9.10. The van der Waals surface area contributed by atoms with Gasteiger partial charge in [0.15, 0.2) is 5.82 Å². The number of hydrogen-bond acceptors (Lipinski definition) is 5. The molecule has 5 rings (SSSR count). The number of pyridine rings is 1. The van der Waals surface area contributed by atoms with Crippen LogP contribution in [0.4, 0.5) is 10.5 Å². The van der Waals surface area contributed by atoms with Crippen molar-refractivity contribution in [2.24, 2.45) is 0 Å². The summed E-state index contributed by atoms with van der Waals surface area (Å²) >= 11 is 0. The van der Waals surface area contributed by atoms with Crippen LogP contribution in [0.15, 0.2) is 67.3 Å². The molecule has 2 amide bonds. The number of rotatable bonds is 4. The Morgan fingerprint density at radius 2 is 1.66 bits per heavy atom. The predicted octanol–water partition coefficient (Wildman–Crippen LogP) is 3.84. The highest BCUT2D eigenvalue weighted by Crippen LogP contribution is 2.46. The molecule has 2 aliphatic rings. The summed E-state index contributed by atoms with van der Waals surface area (Å²) in [5, 5.41) is 3.30. The summed E-state index contributed by atoms with van der Waals surface area (Å²) in [5.41, 5.74) is 2.71. The van der Waals surface area contributed by atoms with Crippen LogP contribution < -0.4 is 10.2 Å². The number of aromatic nitrogens is 3. The highest BCUT2D eigenvalue weighted by atomic mass is 16.2. The fourth-order valence-corrected chi connectivity index (χ4v) is 5.19. The van der Waals surface area contributed by atoms with Gasteiger partial charge in [0, 0.05) is 23.5 Å². The minimum atomic E-state index is -0.215. The molecule has 0 radical (unpaired) electrons. The van der Waals surface area contributed by atoms with Crippen molar-refractivity contribution in [3.63, 3.8) is 0 Å². The van der Waals surface area contributed by atoms with E-state index < -0.39 is 0 Å². The number of anilines is 1. The SMILES string of the molecule is CN(C)[C@]1(c2ccccc2)CC[C@@]2(CC1)CN(c1cnc(-c3cccnc3)nc1)C(=O)N2. The van der Waals surface area contributed by atoms with Gasteiger partial charge in [-0.15, -0.1) is 0 Å². The highest BCUT2D eigenvalue weighted by Gasteiger charge is 2.50. The number of amides is 2. The van der Waals surface area contributed by atoms with E-state index in [0.29, 0.717) is 12.4 Å². The Hall–Kier alpha value is -3.32. The molecule has 7 nitrogen and oxygen atoms in total. The zero-order valence-corrected chi connectivity index (χ0v) is 18.5. The lowest BCUT2D eigenvalue weighted by Crippen LogP contribution is -2.54. The quantitative estimate of drug-likeness (QED) is 0.684. The fourth-order valence-electron chi connectivity index (χ4n) is 5.19. The Bertz CT molecular complexity index is 1080. The van der Waals surface area contributed by atoms with Gasteiger partial charge < -0.3 is 5.32 Å². The first kappa shape index (κ1) is 20.6. The molecule has 1 spiro atoms. The van der Waals surface area contributed by atoms with Crippen molar-refractivity contribution in [1.29, 1.82) is 0 Å². The Morgan fingerprint density at radius 1 is 0.938 bits per heavy atom. The van der Waals surface area contributed by atoms with Gasteiger partial charge in [-0.05, 0) is 57.5 Å². The molecule has 1 N–H and O–H groups in total. The number of carbonyl (C=O) groups is 1. The molecule has 0 atom stereocenters. The first-order chi connectivity index (χ1) is 15.5. The average Bonchev–Trinajstić information content (AvgIpc) is 3.16. The summed E-state index contributed by atoms with van der Waals surface area (Å²) < 4.78 is 0. The first-order valence-corrected chi connectivity index (χ1v) is 11.1. The van der Waals surface area contributed by atoms with Gasteiger partial charge in [-0.2, -0.15) is 0 Å². The van der Waals surface area contributed by atoms with Crippen LogP contribution in [-0.4, -0.2) is 52.1 Å². The number of urea groups is 1. The molecule has 32 heavy (non-hydrogen) atoms. The molecule has 3 aromatic rings. The summed E-state index contributed by atoms with van der Waals surface area (Å²) in [6, 6.07) is 14.4. The van der Waals surface area contributed by atoms with Crippen molar-refractivity contribution in [3.05, 3.63) is 72.8 Å². The Balaban J connectivity index is 1.33. The minimum absolute atomic E-state index is 0.000857. The Labute approximate surface area is 188 Å². The Kier molecular flexibility index (Phi) is 5.13. The molecule has 1 aliphatic carbocycles. The molecule has 2 aromatic heterocycles. The van der Waals surface area contributed by atoms with Crippen LogP contribution in [-0.2, 0) is 5.54 Å². The van der Waals surface area contributed by atoms with Crippen LogP contribution in [0, 0.1) is 0 Å². The summed E-state index contributed by atoms with van der Waals surface area (Å²) in [7, 11) is 4.32. The summed E-state index contributed by atoms with van der Waals surface area (Å²) in [6.45, 7) is 0.639. The molecule has 1 aliphatic heterocycles. The lowest BCUT2D eigenvalue weighted by molar-refractivity contribution is 0.0658. The molecule has 164 valence electrons. The minimum Gasteiger partial charge on any atom is -0.330 e. The third-order valence-corrected chi connectivity index (χ3v) is 7.15. The van der Waals surface area contributed by atoms with Crippen LogP contribution in [0.3, 0.4) is 0 Å². The van der Waals surface area contributed by atoms with E-state index in [-0.39, 0.29) is 17.1 Å². The van der Waals surface area contributed by atoms with Gasteiger partial charge in [0.2, 0.25) is 0 Å². The third-order valence-electron chi connectivity index (χ3n) is 7.15. The first-order valence-electron chi connectivity index (χ1n) is 11.1. The maximum atomic E-state index is 12.9. The van der Waals surface area contributed by atoms with Gasteiger partial charge in [0.25, 0.3) is 0 Å². The van der Waals surface area contributed by atoms with Crippen molar-refractivity contribution >= 4 is 11.7 Å². The van der Waals surface area contributed by atoms with E-state index in [1.807, 2.05) is 12.1 Å². The van der Waals surface area contributed by atoms with E-state index >= 15 is 0 Å². The predicted molar refractivity (Wildman–Crippen MR) is 124 cm³/mol. The van der Waals surface area contributed by atoms with E-state index in [4.69, 9.17) is 0 Å². The van der Waals surface area contributed by atoms with E-state index in [2.05, 4.69) is 69.6 Å².